The lowest BCUT2D eigenvalue weighted by molar-refractivity contribution is -0.137. The van der Waals surface area contributed by atoms with Gasteiger partial charge in [0.15, 0.2) is 8.32 Å². The molecule has 0 amide bonds. The monoisotopic (exact) mass is 686 g/mol. The van der Waals surface area contributed by atoms with E-state index in [0.717, 1.165) is 39.5 Å². The van der Waals surface area contributed by atoms with Crippen molar-refractivity contribution in [2.75, 3.05) is 0 Å². The summed E-state index contributed by atoms with van der Waals surface area (Å²) in [6.07, 6.45) is -2.19. The van der Waals surface area contributed by atoms with Crippen LogP contribution in [0.3, 0.4) is 0 Å². The fourth-order valence-corrected chi connectivity index (χ4v) is 7.96. The Morgan fingerprint density at radius 1 is 1.02 bits per heavy atom. The highest BCUT2D eigenvalue weighted by Crippen LogP contribution is 2.46. The van der Waals surface area contributed by atoms with Crippen molar-refractivity contribution in [2.45, 2.75) is 75.0 Å². The van der Waals surface area contributed by atoms with E-state index in [2.05, 4.69) is 31.0 Å². The standard InChI is InChI=1S/C35H38F4N2O2S2Si/c1-21-17-29(16-11-25(21)20-34(3,4)46(5,6)43)44-31(19-28(42)18-30(40)23-9-14-27(36)15-10-23)32-22(2)41-33(45-32)24-7-12-26(13-8-24)35(37,38)39/h7-18,31,40,42-43H,19-20H2,1-6H3/b28-18-,40-30?. The molecule has 244 valence electrons. The van der Waals surface area contributed by atoms with Crippen LogP contribution in [0.15, 0.2) is 83.5 Å². The molecule has 11 heteroatoms. The molecule has 46 heavy (non-hydrogen) atoms. The summed E-state index contributed by atoms with van der Waals surface area (Å²) in [5, 5.41) is 19.5. The first-order valence-electron chi connectivity index (χ1n) is 14.7. The van der Waals surface area contributed by atoms with Crippen molar-refractivity contribution in [1.82, 2.24) is 4.98 Å². The maximum atomic E-state index is 13.4. The average Bonchev–Trinajstić information content (AvgIpc) is 3.34. The second kappa shape index (κ2) is 13.8. The molecular formula is C35H38F4N2O2S2Si. The van der Waals surface area contributed by atoms with Crippen molar-refractivity contribution in [1.29, 1.82) is 5.41 Å². The maximum absolute atomic E-state index is 13.4. The van der Waals surface area contributed by atoms with Gasteiger partial charge in [0.1, 0.15) is 10.8 Å². The van der Waals surface area contributed by atoms with Gasteiger partial charge < -0.3 is 15.3 Å². The van der Waals surface area contributed by atoms with Crippen LogP contribution in [0.5, 0.6) is 0 Å². The summed E-state index contributed by atoms with van der Waals surface area (Å²) >= 11 is 2.89. The van der Waals surface area contributed by atoms with E-state index in [1.54, 1.807) is 0 Å². The number of aliphatic hydroxyl groups excluding tert-OH is 1. The summed E-state index contributed by atoms with van der Waals surface area (Å²) in [4.78, 5) is 17.3. The highest BCUT2D eigenvalue weighted by Gasteiger charge is 2.38. The minimum absolute atomic E-state index is 0.0332. The number of hydrogen-bond donors (Lipinski definition) is 3. The van der Waals surface area contributed by atoms with Gasteiger partial charge in [-0.15, -0.1) is 23.1 Å². The molecule has 0 spiro atoms. The van der Waals surface area contributed by atoms with E-state index in [-0.39, 0.29) is 28.2 Å². The zero-order chi connectivity index (χ0) is 34.0. The van der Waals surface area contributed by atoms with E-state index in [0.29, 0.717) is 21.8 Å². The normalized spacial score (nSPS) is 13.6. The van der Waals surface area contributed by atoms with Crippen LogP contribution >= 0.6 is 23.1 Å². The van der Waals surface area contributed by atoms with Gasteiger partial charge in [0.25, 0.3) is 0 Å². The lowest BCUT2D eigenvalue weighted by atomic mass is 9.98. The molecule has 4 nitrogen and oxygen atoms in total. The molecule has 0 saturated heterocycles. The molecule has 0 saturated carbocycles. The smallest absolute Gasteiger partial charge is 0.416 e. The van der Waals surface area contributed by atoms with Crippen LogP contribution in [-0.4, -0.2) is 28.9 Å². The number of allylic oxidation sites excluding steroid dienone is 2. The largest absolute Gasteiger partial charge is 0.512 e. The highest BCUT2D eigenvalue weighted by molar-refractivity contribution is 7.99. The molecule has 3 aromatic carbocycles. The molecule has 0 fully saturated rings. The molecule has 1 heterocycles. The Balaban J connectivity index is 1.66. The van der Waals surface area contributed by atoms with Gasteiger partial charge in [0.05, 0.1) is 28.0 Å². The minimum atomic E-state index is -4.44. The number of nitrogens with zero attached hydrogens (tertiary/aromatic N) is 1. The van der Waals surface area contributed by atoms with E-state index < -0.39 is 25.9 Å². The average molecular weight is 687 g/mol. The Morgan fingerprint density at radius 3 is 2.22 bits per heavy atom. The van der Waals surface area contributed by atoms with Gasteiger partial charge in [-0.1, -0.05) is 32.0 Å². The van der Waals surface area contributed by atoms with E-state index in [9.17, 15) is 27.5 Å². The van der Waals surface area contributed by atoms with Gasteiger partial charge >= 0.3 is 6.18 Å². The summed E-state index contributed by atoms with van der Waals surface area (Å²) in [5.74, 6) is -0.460. The lowest BCUT2D eigenvalue weighted by Gasteiger charge is -2.35. The molecule has 0 aliphatic carbocycles. The summed E-state index contributed by atoms with van der Waals surface area (Å²) < 4.78 is 52.8. The Kier molecular flexibility index (Phi) is 10.7. The van der Waals surface area contributed by atoms with Gasteiger partial charge in [0.2, 0.25) is 0 Å². The third kappa shape index (κ3) is 8.76. The third-order valence-corrected chi connectivity index (χ3v) is 14.5. The lowest BCUT2D eigenvalue weighted by Crippen LogP contribution is -2.40. The number of hydrogen-bond acceptors (Lipinski definition) is 6. The first kappa shape index (κ1) is 35.6. The third-order valence-electron chi connectivity index (χ3n) is 8.33. The molecule has 4 aromatic rings. The molecule has 0 aliphatic rings. The van der Waals surface area contributed by atoms with Gasteiger partial charge in [-0.05, 0) is 104 Å². The van der Waals surface area contributed by atoms with Crippen LogP contribution < -0.4 is 0 Å². The number of thioether (sulfide) groups is 1. The molecule has 1 aromatic heterocycles. The zero-order valence-corrected chi connectivity index (χ0v) is 29.2. The molecule has 0 bridgehead atoms. The van der Waals surface area contributed by atoms with Crippen LogP contribution in [0.4, 0.5) is 17.6 Å². The Morgan fingerprint density at radius 2 is 1.65 bits per heavy atom. The molecular weight excluding hydrogens is 649 g/mol. The van der Waals surface area contributed by atoms with Gasteiger partial charge in [-0.2, -0.15) is 13.2 Å². The van der Waals surface area contributed by atoms with E-state index >= 15 is 0 Å². The Labute approximate surface area is 276 Å². The summed E-state index contributed by atoms with van der Waals surface area (Å²) in [7, 11) is -2.41. The van der Waals surface area contributed by atoms with Gasteiger partial charge in [0, 0.05) is 27.8 Å². The molecule has 4 rings (SSSR count). The fraction of sp³-hybridized carbons (Fsp3) is 0.314. The molecule has 1 atom stereocenters. The molecule has 3 N–H and O–H groups in total. The van der Waals surface area contributed by atoms with Gasteiger partial charge in [-0.25, -0.2) is 9.37 Å². The minimum Gasteiger partial charge on any atom is -0.512 e. The van der Waals surface area contributed by atoms with Gasteiger partial charge in [-0.3, -0.25) is 0 Å². The van der Waals surface area contributed by atoms with E-state index in [4.69, 9.17) is 5.41 Å². The van der Waals surface area contributed by atoms with Crippen molar-refractivity contribution in [2.24, 2.45) is 0 Å². The molecule has 0 aliphatic heterocycles. The first-order chi connectivity index (χ1) is 21.3. The number of halogens is 4. The Bertz CT molecular complexity index is 1730. The quantitative estimate of drug-likeness (QED) is 0.0482. The number of thiazole rings is 1. The zero-order valence-electron chi connectivity index (χ0n) is 26.6. The predicted molar refractivity (Wildman–Crippen MR) is 183 cm³/mol. The van der Waals surface area contributed by atoms with Crippen LogP contribution in [-0.2, 0) is 12.6 Å². The van der Waals surface area contributed by atoms with Crippen molar-refractivity contribution in [3.8, 4) is 10.6 Å². The van der Waals surface area contributed by atoms with Crippen molar-refractivity contribution >= 4 is 37.1 Å². The SMILES string of the molecule is Cc1cc(SC(C/C(O)=C/C(=N)c2ccc(F)cc2)c2sc(-c3ccc(C(F)(F)F)cc3)nc2C)ccc1CC(C)(C)[Si](C)(C)O. The van der Waals surface area contributed by atoms with Crippen LogP contribution in [0.1, 0.15) is 58.3 Å². The summed E-state index contributed by atoms with van der Waals surface area (Å²) in [6, 6.07) is 16.6. The number of rotatable bonds is 11. The second-order valence-electron chi connectivity index (χ2n) is 12.6. The second-order valence-corrected chi connectivity index (χ2v) is 19.4. The summed E-state index contributed by atoms with van der Waals surface area (Å²) in [6.45, 7) is 12.0. The Hall–Kier alpha value is -3.25. The fourth-order valence-electron chi connectivity index (χ4n) is 4.75. The van der Waals surface area contributed by atoms with E-state index in [1.807, 2.05) is 33.0 Å². The van der Waals surface area contributed by atoms with E-state index in [1.165, 1.54) is 65.6 Å². The highest BCUT2D eigenvalue weighted by atomic mass is 32.2. The van der Waals surface area contributed by atoms with Crippen LogP contribution in [0, 0.1) is 25.1 Å². The molecule has 1 unspecified atom stereocenters. The summed E-state index contributed by atoms with van der Waals surface area (Å²) in [5.41, 5.74) is 3.25. The van der Waals surface area contributed by atoms with Crippen molar-refractivity contribution < 1.29 is 27.5 Å². The number of benzene rings is 3. The first-order valence-corrected chi connectivity index (χ1v) is 19.4. The number of aromatic nitrogens is 1. The maximum Gasteiger partial charge on any atom is 0.416 e. The van der Waals surface area contributed by atoms with Crippen molar-refractivity contribution in [3.63, 3.8) is 0 Å². The molecule has 0 radical (unpaired) electrons. The van der Waals surface area contributed by atoms with Crippen LogP contribution in [0.25, 0.3) is 10.6 Å². The van der Waals surface area contributed by atoms with Crippen LogP contribution in [0.2, 0.25) is 18.1 Å². The number of aryl methyl sites for hydroxylation is 2. The predicted octanol–water partition coefficient (Wildman–Crippen LogP) is 10.8. The number of aliphatic hydroxyl groups is 1. The number of nitrogens with one attached hydrogen (secondary N) is 1. The number of alkyl halides is 3. The van der Waals surface area contributed by atoms with Crippen molar-refractivity contribution in [3.05, 3.63) is 117 Å². The topological polar surface area (TPSA) is 77.2 Å².